The molecule has 0 amide bonds. The van der Waals surface area contributed by atoms with Crippen molar-refractivity contribution in [3.8, 4) is 0 Å². The van der Waals surface area contributed by atoms with Crippen molar-refractivity contribution in [3.63, 3.8) is 0 Å². The Kier molecular flexibility index (Phi) is 2.52. The van der Waals surface area contributed by atoms with E-state index in [1.54, 1.807) is 0 Å². The molecule has 8 heavy (non-hydrogen) atoms. The van der Waals surface area contributed by atoms with E-state index in [-0.39, 0.29) is 9.68 Å². The minimum Gasteiger partial charge on any atom is -0.381 e. The van der Waals surface area contributed by atoms with Crippen LogP contribution in [-0.4, -0.2) is 22.0 Å². The van der Waals surface area contributed by atoms with Gasteiger partial charge < -0.3 is 10.1 Å². The maximum absolute atomic E-state index is 5.52. The fraction of sp³-hybridized carbons (Fsp3) is 1.00. The quantitative estimate of drug-likeness (QED) is 0.489. The van der Waals surface area contributed by atoms with Gasteiger partial charge >= 0.3 is 0 Å². The Hall–Kier alpha value is 0.137. The van der Waals surface area contributed by atoms with Crippen molar-refractivity contribution >= 4 is 9.68 Å². The molecule has 1 heterocycles. The molecule has 48 valence electrons. The molecule has 3 heteroatoms. The predicted molar refractivity (Wildman–Crippen MR) is 36.3 cm³/mol. The van der Waals surface area contributed by atoms with Crippen molar-refractivity contribution in [2.75, 3.05) is 6.61 Å². The predicted octanol–water partition coefficient (Wildman–Crippen LogP) is -0.445. The number of hydrogen-bond donors (Lipinski definition) is 1. The van der Waals surface area contributed by atoms with Gasteiger partial charge in [-0.05, 0) is 19.3 Å². The molecule has 2 N–H and O–H groups in total. The monoisotopic (exact) mass is 131 g/mol. The van der Waals surface area contributed by atoms with Crippen LogP contribution in [0.3, 0.4) is 0 Å². The van der Waals surface area contributed by atoms with Crippen LogP contribution in [0.4, 0.5) is 0 Å². The Morgan fingerprint density at radius 3 is 2.75 bits per heavy atom. The van der Waals surface area contributed by atoms with Gasteiger partial charge in [-0.25, -0.2) is 0 Å². The van der Waals surface area contributed by atoms with E-state index in [4.69, 9.17) is 10.1 Å². The zero-order valence-corrected chi connectivity index (χ0v) is 6.51. The molecular formula is C5H13NOSi. The zero-order chi connectivity index (χ0) is 5.82. The molecule has 1 fully saturated rings. The molecule has 0 saturated carbocycles. The summed E-state index contributed by atoms with van der Waals surface area (Å²) in [6, 6.07) is 0. The first kappa shape index (κ1) is 6.26. The van der Waals surface area contributed by atoms with Crippen LogP contribution in [0.1, 0.15) is 19.3 Å². The van der Waals surface area contributed by atoms with Gasteiger partial charge in [-0.2, -0.15) is 0 Å². The van der Waals surface area contributed by atoms with Crippen LogP contribution in [0.25, 0.3) is 0 Å². The zero-order valence-electron chi connectivity index (χ0n) is 5.10. The van der Waals surface area contributed by atoms with Gasteiger partial charge in [0.2, 0.25) is 0 Å². The SMILES string of the molecule is N[SiH2]C1CCCCO1. The van der Waals surface area contributed by atoms with E-state index in [0.29, 0.717) is 5.73 Å². The number of nitrogens with two attached hydrogens (primary N) is 1. The Balaban J connectivity index is 2.13. The Morgan fingerprint density at radius 1 is 1.50 bits per heavy atom. The smallest absolute Gasteiger partial charge is 0.122 e. The number of hydrogen-bond acceptors (Lipinski definition) is 2. The molecule has 0 spiro atoms. The lowest BCUT2D eigenvalue weighted by Gasteiger charge is -2.19. The van der Waals surface area contributed by atoms with Gasteiger partial charge in [-0.3, -0.25) is 0 Å². The lowest BCUT2D eigenvalue weighted by atomic mass is 10.2. The third-order valence-corrected chi connectivity index (χ3v) is 2.71. The molecule has 0 radical (unpaired) electrons. The molecule has 0 aliphatic carbocycles. The average Bonchev–Trinajstić information content (AvgIpc) is 1.90. The van der Waals surface area contributed by atoms with Crippen LogP contribution in [0.5, 0.6) is 0 Å². The van der Waals surface area contributed by atoms with Gasteiger partial charge in [-0.15, -0.1) is 0 Å². The highest BCUT2D eigenvalue weighted by Crippen LogP contribution is 2.09. The van der Waals surface area contributed by atoms with E-state index in [9.17, 15) is 0 Å². The van der Waals surface area contributed by atoms with Crippen LogP contribution < -0.4 is 5.40 Å². The summed E-state index contributed by atoms with van der Waals surface area (Å²) in [5.41, 5.74) is 0.503. The van der Waals surface area contributed by atoms with Crippen molar-refractivity contribution in [1.82, 2.24) is 0 Å². The molecule has 1 aliphatic rings. The van der Waals surface area contributed by atoms with Crippen molar-refractivity contribution in [2.24, 2.45) is 5.40 Å². The van der Waals surface area contributed by atoms with Gasteiger partial charge in [-0.1, -0.05) is 0 Å². The first-order valence-corrected chi connectivity index (χ1v) is 4.88. The lowest BCUT2D eigenvalue weighted by Crippen LogP contribution is -2.30. The first-order chi connectivity index (χ1) is 3.93. The summed E-state index contributed by atoms with van der Waals surface area (Å²) < 4.78 is 5.36. The Bertz CT molecular complexity index is 63.4. The van der Waals surface area contributed by atoms with Crippen molar-refractivity contribution < 1.29 is 4.74 Å². The summed E-state index contributed by atoms with van der Waals surface area (Å²) in [4.78, 5) is 0. The van der Waals surface area contributed by atoms with Crippen LogP contribution >= 0.6 is 0 Å². The largest absolute Gasteiger partial charge is 0.381 e. The summed E-state index contributed by atoms with van der Waals surface area (Å²) in [5.74, 6) is 0. The van der Waals surface area contributed by atoms with E-state index < -0.39 is 0 Å². The van der Waals surface area contributed by atoms with Gasteiger partial charge in [0.1, 0.15) is 9.68 Å². The molecule has 1 rings (SSSR count). The third kappa shape index (κ3) is 1.58. The normalized spacial score (nSPS) is 31.9. The van der Waals surface area contributed by atoms with Crippen LogP contribution in [0.2, 0.25) is 0 Å². The maximum Gasteiger partial charge on any atom is 0.122 e. The summed E-state index contributed by atoms with van der Waals surface area (Å²) in [6.45, 7) is 0.953. The molecule has 1 aliphatic heterocycles. The van der Waals surface area contributed by atoms with E-state index in [2.05, 4.69) is 0 Å². The van der Waals surface area contributed by atoms with E-state index in [1.807, 2.05) is 0 Å². The first-order valence-electron chi connectivity index (χ1n) is 3.25. The summed E-state index contributed by atoms with van der Waals surface area (Å²) >= 11 is 0. The molecule has 1 atom stereocenters. The number of rotatable bonds is 1. The fourth-order valence-corrected chi connectivity index (χ4v) is 1.82. The number of ether oxygens (including phenoxy) is 1. The summed E-state index contributed by atoms with van der Waals surface area (Å²) in [7, 11) is -0.354. The van der Waals surface area contributed by atoms with E-state index in [0.717, 1.165) is 6.61 Å². The second-order valence-corrected chi connectivity index (χ2v) is 3.61. The van der Waals surface area contributed by atoms with Crippen LogP contribution in [-0.2, 0) is 4.74 Å². The fourth-order valence-electron chi connectivity index (χ4n) is 0.993. The molecular weight excluding hydrogens is 118 g/mol. The van der Waals surface area contributed by atoms with Crippen molar-refractivity contribution in [1.29, 1.82) is 0 Å². The summed E-state index contributed by atoms with van der Waals surface area (Å²) in [6.07, 6.45) is 3.79. The van der Waals surface area contributed by atoms with E-state index in [1.165, 1.54) is 19.3 Å². The highest BCUT2D eigenvalue weighted by Gasteiger charge is 2.10. The molecule has 0 aromatic heterocycles. The third-order valence-electron chi connectivity index (χ3n) is 1.54. The van der Waals surface area contributed by atoms with Gasteiger partial charge in [0.25, 0.3) is 0 Å². The van der Waals surface area contributed by atoms with Crippen molar-refractivity contribution in [3.05, 3.63) is 0 Å². The molecule has 0 aromatic rings. The second kappa shape index (κ2) is 3.22. The average molecular weight is 131 g/mol. The second-order valence-electron chi connectivity index (χ2n) is 2.22. The Morgan fingerprint density at radius 2 is 2.38 bits per heavy atom. The molecule has 0 aromatic carbocycles. The molecule has 1 saturated heterocycles. The highest BCUT2D eigenvalue weighted by atomic mass is 28.2. The van der Waals surface area contributed by atoms with Gasteiger partial charge in [0.05, 0.1) is 5.73 Å². The maximum atomic E-state index is 5.52. The van der Waals surface area contributed by atoms with Crippen molar-refractivity contribution in [2.45, 2.75) is 25.0 Å². The van der Waals surface area contributed by atoms with Crippen LogP contribution in [0, 0.1) is 0 Å². The van der Waals surface area contributed by atoms with Crippen LogP contribution in [0.15, 0.2) is 0 Å². The standard InChI is InChI=1S/C5H13NOSi/c6-8-5-3-1-2-4-7-5/h5H,1-4,6,8H2. The Labute approximate surface area is 52.3 Å². The molecule has 1 unspecified atom stereocenters. The molecule has 2 nitrogen and oxygen atoms in total. The van der Waals surface area contributed by atoms with E-state index >= 15 is 0 Å². The lowest BCUT2D eigenvalue weighted by molar-refractivity contribution is 0.0650. The minimum atomic E-state index is -0.354. The highest BCUT2D eigenvalue weighted by molar-refractivity contribution is 6.32. The minimum absolute atomic E-state index is 0.354. The molecule has 0 bridgehead atoms. The van der Waals surface area contributed by atoms with Gasteiger partial charge in [0, 0.05) is 6.61 Å². The topological polar surface area (TPSA) is 35.2 Å². The summed E-state index contributed by atoms with van der Waals surface area (Å²) in [5, 5.41) is 5.52. The van der Waals surface area contributed by atoms with Gasteiger partial charge in [0.15, 0.2) is 0 Å².